The number of nitrogens with zero attached hydrogens (tertiary/aromatic N) is 2. The van der Waals surface area contributed by atoms with E-state index >= 15 is 0 Å². The Morgan fingerprint density at radius 3 is 2.88 bits per heavy atom. The molecule has 0 saturated carbocycles. The SMILES string of the molecule is Nc1cnc2ccc3c(c2c1Nc1cncc(CO)c1)CCS3(=O)=O. The van der Waals surface area contributed by atoms with E-state index in [2.05, 4.69) is 15.3 Å². The van der Waals surface area contributed by atoms with E-state index < -0.39 is 9.84 Å². The van der Waals surface area contributed by atoms with Crippen LogP contribution in [-0.2, 0) is 22.9 Å². The molecule has 0 atom stereocenters. The number of benzene rings is 1. The molecule has 1 aromatic carbocycles. The van der Waals surface area contributed by atoms with E-state index in [0.717, 1.165) is 5.56 Å². The molecular formula is C17H16N4O3S. The summed E-state index contributed by atoms with van der Waals surface area (Å²) in [5.41, 5.74) is 9.89. The van der Waals surface area contributed by atoms with Crippen LogP contribution in [0.1, 0.15) is 11.1 Å². The average molecular weight is 356 g/mol. The second-order valence-electron chi connectivity index (χ2n) is 5.96. The summed E-state index contributed by atoms with van der Waals surface area (Å²) in [6.07, 6.45) is 5.17. The second-order valence-corrected chi connectivity index (χ2v) is 8.04. The lowest BCUT2D eigenvalue weighted by Gasteiger charge is -2.15. The summed E-state index contributed by atoms with van der Waals surface area (Å²) in [7, 11) is -3.25. The predicted octanol–water partition coefficient (Wildman–Crippen LogP) is 1.78. The highest BCUT2D eigenvalue weighted by Gasteiger charge is 2.29. The van der Waals surface area contributed by atoms with Crippen molar-refractivity contribution in [2.45, 2.75) is 17.9 Å². The molecule has 0 spiro atoms. The topological polar surface area (TPSA) is 118 Å². The van der Waals surface area contributed by atoms with Gasteiger partial charge in [-0.2, -0.15) is 0 Å². The fourth-order valence-corrected chi connectivity index (χ4v) is 4.71. The van der Waals surface area contributed by atoms with Gasteiger partial charge in [0, 0.05) is 11.6 Å². The van der Waals surface area contributed by atoms with E-state index in [0.29, 0.717) is 44.8 Å². The fraction of sp³-hybridized carbons (Fsp3) is 0.176. The molecule has 1 aliphatic heterocycles. The Morgan fingerprint density at radius 2 is 2.08 bits per heavy atom. The first kappa shape index (κ1) is 15.8. The predicted molar refractivity (Wildman–Crippen MR) is 95.4 cm³/mol. The Morgan fingerprint density at radius 1 is 1.24 bits per heavy atom. The van der Waals surface area contributed by atoms with Gasteiger partial charge in [0.25, 0.3) is 0 Å². The Kier molecular flexibility index (Phi) is 3.59. The van der Waals surface area contributed by atoms with Crippen LogP contribution in [-0.4, -0.2) is 29.2 Å². The highest BCUT2D eigenvalue weighted by Crippen LogP contribution is 2.39. The van der Waals surface area contributed by atoms with Crippen LogP contribution in [0.5, 0.6) is 0 Å². The van der Waals surface area contributed by atoms with E-state index in [-0.39, 0.29) is 12.4 Å². The van der Waals surface area contributed by atoms with Crippen molar-refractivity contribution in [1.29, 1.82) is 0 Å². The molecule has 3 heterocycles. The molecule has 0 amide bonds. The largest absolute Gasteiger partial charge is 0.396 e. The number of nitrogens with one attached hydrogen (secondary N) is 1. The minimum Gasteiger partial charge on any atom is -0.396 e. The van der Waals surface area contributed by atoms with Crippen molar-refractivity contribution in [1.82, 2.24) is 9.97 Å². The normalized spacial score (nSPS) is 15.2. The Hall–Kier alpha value is -2.71. The van der Waals surface area contributed by atoms with Crippen LogP contribution in [0.4, 0.5) is 17.1 Å². The van der Waals surface area contributed by atoms with Gasteiger partial charge in [-0.25, -0.2) is 8.42 Å². The quantitative estimate of drug-likeness (QED) is 0.654. The summed E-state index contributed by atoms with van der Waals surface area (Å²) in [6.45, 7) is -0.122. The van der Waals surface area contributed by atoms with Crippen LogP contribution in [0.15, 0.2) is 41.7 Å². The third-order valence-corrected chi connectivity index (χ3v) is 6.13. The van der Waals surface area contributed by atoms with Gasteiger partial charge < -0.3 is 16.2 Å². The molecule has 1 aliphatic rings. The minimum absolute atomic E-state index is 0.0945. The molecule has 0 bridgehead atoms. The lowest BCUT2D eigenvalue weighted by atomic mass is 10.0. The lowest BCUT2D eigenvalue weighted by molar-refractivity contribution is 0.281. The number of aryl methyl sites for hydroxylation is 1. The summed E-state index contributed by atoms with van der Waals surface area (Å²) >= 11 is 0. The number of anilines is 3. The van der Waals surface area contributed by atoms with Crippen molar-refractivity contribution < 1.29 is 13.5 Å². The number of nitrogen functional groups attached to an aromatic ring is 1. The van der Waals surface area contributed by atoms with Crippen molar-refractivity contribution in [3.05, 3.63) is 47.9 Å². The summed E-state index contributed by atoms with van der Waals surface area (Å²) in [5.74, 6) is 0.0945. The molecule has 0 fully saturated rings. The summed E-state index contributed by atoms with van der Waals surface area (Å²) in [5, 5.41) is 13.2. The maximum atomic E-state index is 12.2. The van der Waals surface area contributed by atoms with Gasteiger partial charge in [-0.05, 0) is 35.7 Å². The molecule has 3 aromatic rings. The van der Waals surface area contributed by atoms with E-state index in [1.54, 1.807) is 36.8 Å². The van der Waals surface area contributed by atoms with Crippen LogP contribution in [0, 0.1) is 0 Å². The number of fused-ring (bicyclic) bond motifs is 3. The molecule has 4 N–H and O–H groups in total. The molecule has 0 aliphatic carbocycles. The maximum Gasteiger partial charge on any atom is 0.179 e. The number of sulfone groups is 1. The van der Waals surface area contributed by atoms with Crippen LogP contribution in [0.3, 0.4) is 0 Å². The number of hydrogen-bond acceptors (Lipinski definition) is 7. The second kappa shape index (κ2) is 5.68. The van der Waals surface area contributed by atoms with Gasteiger partial charge in [-0.15, -0.1) is 0 Å². The molecule has 0 radical (unpaired) electrons. The van der Waals surface area contributed by atoms with Gasteiger partial charge in [-0.1, -0.05) is 0 Å². The zero-order valence-corrected chi connectivity index (χ0v) is 14.0. The average Bonchev–Trinajstić information content (AvgIpc) is 2.92. The lowest BCUT2D eigenvalue weighted by Crippen LogP contribution is -2.02. The van der Waals surface area contributed by atoms with Crippen LogP contribution >= 0.6 is 0 Å². The molecule has 128 valence electrons. The van der Waals surface area contributed by atoms with Gasteiger partial charge in [0.15, 0.2) is 9.84 Å². The zero-order chi connectivity index (χ0) is 17.6. The smallest absolute Gasteiger partial charge is 0.179 e. The highest BCUT2D eigenvalue weighted by atomic mass is 32.2. The van der Waals surface area contributed by atoms with E-state index in [1.165, 1.54) is 0 Å². The first-order valence-electron chi connectivity index (χ1n) is 7.74. The Labute approximate surface area is 144 Å². The Balaban J connectivity index is 1.94. The minimum atomic E-state index is -3.25. The van der Waals surface area contributed by atoms with Gasteiger partial charge in [0.1, 0.15) is 0 Å². The number of aliphatic hydroxyl groups excluding tert-OH is 1. The highest BCUT2D eigenvalue weighted by molar-refractivity contribution is 7.91. The van der Waals surface area contributed by atoms with Crippen molar-refractivity contribution in [2.24, 2.45) is 0 Å². The van der Waals surface area contributed by atoms with Crippen molar-refractivity contribution in [3.63, 3.8) is 0 Å². The first-order chi connectivity index (χ1) is 12.0. The number of nitrogens with two attached hydrogens (primary N) is 1. The van der Waals surface area contributed by atoms with E-state index in [1.807, 2.05) is 0 Å². The molecule has 2 aromatic heterocycles. The molecule has 0 unspecified atom stereocenters. The Bertz CT molecular complexity index is 1100. The zero-order valence-electron chi connectivity index (χ0n) is 13.2. The third-order valence-electron chi connectivity index (χ3n) is 4.33. The number of hydrogen-bond donors (Lipinski definition) is 3. The van der Waals surface area contributed by atoms with Crippen molar-refractivity contribution in [3.8, 4) is 0 Å². The number of aliphatic hydroxyl groups is 1. The van der Waals surface area contributed by atoms with Crippen LogP contribution < -0.4 is 11.1 Å². The maximum absolute atomic E-state index is 12.2. The van der Waals surface area contributed by atoms with Crippen LogP contribution in [0.25, 0.3) is 10.9 Å². The molecule has 8 heteroatoms. The van der Waals surface area contributed by atoms with Crippen LogP contribution in [0.2, 0.25) is 0 Å². The molecule has 4 rings (SSSR count). The molecule has 25 heavy (non-hydrogen) atoms. The summed E-state index contributed by atoms with van der Waals surface area (Å²) in [6, 6.07) is 5.07. The molecular weight excluding hydrogens is 340 g/mol. The van der Waals surface area contributed by atoms with Crippen molar-refractivity contribution >= 4 is 37.8 Å². The van der Waals surface area contributed by atoms with E-state index in [9.17, 15) is 13.5 Å². The monoisotopic (exact) mass is 356 g/mol. The molecule has 0 saturated heterocycles. The molecule has 7 nitrogen and oxygen atoms in total. The summed E-state index contributed by atoms with van der Waals surface area (Å²) in [4.78, 5) is 8.75. The van der Waals surface area contributed by atoms with Crippen molar-refractivity contribution in [2.75, 3.05) is 16.8 Å². The third kappa shape index (κ3) is 2.59. The number of pyridine rings is 2. The van der Waals surface area contributed by atoms with Gasteiger partial charge in [-0.3, -0.25) is 9.97 Å². The van der Waals surface area contributed by atoms with Gasteiger partial charge in [0.2, 0.25) is 0 Å². The number of aromatic nitrogens is 2. The number of rotatable bonds is 3. The van der Waals surface area contributed by atoms with Gasteiger partial charge in [0.05, 0.1) is 52.2 Å². The van der Waals surface area contributed by atoms with Gasteiger partial charge >= 0.3 is 0 Å². The standard InChI is InChI=1S/C17H16N4O3S/c18-13-8-20-14-1-2-15-12(3-4-25(15,23)24)16(14)17(13)21-11-5-10(9-22)6-19-7-11/h1-2,5-8,22H,3-4,9,18H2,(H,20,21). The fourth-order valence-electron chi connectivity index (χ4n) is 3.16. The summed E-state index contributed by atoms with van der Waals surface area (Å²) < 4.78 is 24.4. The first-order valence-corrected chi connectivity index (χ1v) is 9.39. The van der Waals surface area contributed by atoms with E-state index in [4.69, 9.17) is 5.73 Å².